The number of ether oxygens (including phenoxy) is 2. The van der Waals surface area contributed by atoms with Crippen molar-refractivity contribution in [1.29, 1.82) is 0 Å². The van der Waals surface area contributed by atoms with Gasteiger partial charge in [-0.15, -0.1) is 0 Å². The number of carbonyl (C=O) groups is 3. The first-order valence-corrected chi connectivity index (χ1v) is 15.2. The molecule has 2 aromatic carbocycles. The lowest BCUT2D eigenvalue weighted by molar-refractivity contribution is -0.140. The molecular formula is C35H33FN4O6. The molecule has 0 amide bonds. The van der Waals surface area contributed by atoms with Crippen LogP contribution < -0.4 is 15.2 Å². The molecule has 7 rings (SSSR count). The third kappa shape index (κ3) is 4.52. The van der Waals surface area contributed by atoms with Crippen LogP contribution in [0.25, 0.3) is 0 Å². The molecule has 11 heteroatoms. The monoisotopic (exact) mass is 624 g/mol. The van der Waals surface area contributed by atoms with E-state index < -0.39 is 52.5 Å². The number of nitrogen functional groups attached to an aromatic ring is 1. The van der Waals surface area contributed by atoms with Gasteiger partial charge in [-0.3, -0.25) is 19.3 Å². The van der Waals surface area contributed by atoms with Crippen LogP contribution in [0.4, 0.5) is 10.2 Å². The van der Waals surface area contributed by atoms with Gasteiger partial charge in [0.15, 0.2) is 34.7 Å². The second kappa shape index (κ2) is 11.2. The third-order valence-electron chi connectivity index (χ3n) is 9.82. The van der Waals surface area contributed by atoms with Crippen LogP contribution in [0.5, 0.6) is 11.6 Å². The molecule has 46 heavy (non-hydrogen) atoms. The number of aromatic nitrogens is 2. The normalized spacial score (nSPS) is 25.0. The lowest BCUT2D eigenvalue weighted by Gasteiger charge is -2.52. The predicted octanol–water partition coefficient (Wildman–Crippen LogP) is 5.01. The van der Waals surface area contributed by atoms with Crippen molar-refractivity contribution < 1.29 is 32.8 Å². The molecular weight excluding hydrogens is 591 g/mol. The summed E-state index contributed by atoms with van der Waals surface area (Å²) in [7, 11) is 3.66. The number of Topliss-reactive ketones (excluding diaryl/α,β-unsaturated/α-hetero) is 3. The Balaban J connectivity index is 1.27. The number of benzene rings is 2. The number of nitrogens with two attached hydrogens (primary N) is 1. The van der Waals surface area contributed by atoms with Crippen molar-refractivity contribution in [2.45, 2.75) is 39.0 Å². The van der Waals surface area contributed by atoms with Gasteiger partial charge in [-0.05, 0) is 56.1 Å². The summed E-state index contributed by atoms with van der Waals surface area (Å²) in [6.07, 6.45) is 0.352. The topological polar surface area (TPSA) is 138 Å². The first kappa shape index (κ1) is 29.8. The molecule has 10 nitrogen and oxygen atoms in total. The van der Waals surface area contributed by atoms with E-state index in [-0.39, 0.29) is 60.2 Å². The molecule has 2 N–H and O–H groups in total. The van der Waals surface area contributed by atoms with Crippen molar-refractivity contribution in [2.75, 3.05) is 19.8 Å². The maximum absolute atomic E-state index is 15.4. The third-order valence-corrected chi connectivity index (χ3v) is 9.82. The first-order chi connectivity index (χ1) is 22.1. The average molecular weight is 625 g/mol. The van der Waals surface area contributed by atoms with Gasteiger partial charge in [0, 0.05) is 11.5 Å². The van der Waals surface area contributed by atoms with Crippen LogP contribution in [-0.4, -0.2) is 46.5 Å². The maximum atomic E-state index is 15.4. The lowest BCUT2D eigenvalue weighted by Crippen LogP contribution is -2.60. The minimum atomic E-state index is -1.60. The number of carbonyl (C=O) groups excluding carboxylic acids is 3. The molecule has 3 aliphatic rings. The number of nitrogens with zero attached hydrogens (tertiary/aromatic N) is 3. The average Bonchev–Trinajstić information content (AvgIpc) is 3.46. The van der Waals surface area contributed by atoms with Crippen LogP contribution in [0.15, 0.2) is 65.2 Å². The van der Waals surface area contributed by atoms with E-state index in [4.69, 9.17) is 19.7 Å². The Bertz CT molecular complexity index is 1860. The van der Waals surface area contributed by atoms with Crippen LogP contribution in [0.2, 0.25) is 0 Å². The number of anilines is 1. The van der Waals surface area contributed by atoms with Crippen LogP contribution in [-0.2, 0) is 24.4 Å². The van der Waals surface area contributed by atoms with Gasteiger partial charge in [0.1, 0.15) is 18.8 Å². The molecule has 1 fully saturated rings. The van der Waals surface area contributed by atoms with Crippen molar-refractivity contribution in [3.8, 4) is 11.6 Å². The fourth-order valence-corrected chi connectivity index (χ4v) is 7.57. The van der Waals surface area contributed by atoms with E-state index in [0.717, 1.165) is 11.1 Å². The van der Waals surface area contributed by atoms with Gasteiger partial charge in [0.05, 0.1) is 22.9 Å². The van der Waals surface area contributed by atoms with Gasteiger partial charge in [-0.25, -0.2) is 0 Å². The highest BCUT2D eigenvalue weighted by atomic mass is 19.1. The van der Waals surface area contributed by atoms with E-state index in [0.29, 0.717) is 5.76 Å². The number of ketones is 3. The number of pyridine rings is 1. The summed E-state index contributed by atoms with van der Waals surface area (Å²) in [4.78, 5) is 49.2. The smallest absolute Gasteiger partial charge is 0.265 e. The van der Waals surface area contributed by atoms with E-state index >= 15 is 4.39 Å². The SMILES string of the molecule is CN(C)C1c2onc(OCc3ccccc3)c2C(=O)C2(C)C(=O)C3C(=O)c4c(c(F)nc(N)c4OCc4ccccc4)CC3CC12. The summed E-state index contributed by atoms with van der Waals surface area (Å²) in [5.41, 5.74) is 6.27. The summed E-state index contributed by atoms with van der Waals surface area (Å²) in [5.74, 6) is -4.85. The number of hydrogen-bond acceptors (Lipinski definition) is 10. The fourth-order valence-electron chi connectivity index (χ4n) is 7.57. The molecule has 4 aromatic rings. The molecule has 0 spiro atoms. The van der Waals surface area contributed by atoms with Gasteiger partial charge in [0.2, 0.25) is 5.95 Å². The summed E-state index contributed by atoms with van der Waals surface area (Å²) in [6.45, 7) is 1.80. The van der Waals surface area contributed by atoms with E-state index in [1.54, 1.807) is 6.92 Å². The largest absolute Gasteiger partial charge is 0.484 e. The summed E-state index contributed by atoms with van der Waals surface area (Å²) in [6, 6.07) is 18.1. The number of rotatable bonds is 7. The Kier molecular flexibility index (Phi) is 7.23. The Labute approximate surface area is 264 Å². The molecule has 0 bridgehead atoms. The van der Waals surface area contributed by atoms with Crippen molar-refractivity contribution >= 4 is 23.2 Å². The van der Waals surface area contributed by atoms with E-state index in [9.17, 15) is 14.4 Å². The standard InChI is InChI=1S/C35H33FN4O6/c1-35-22(26(40(2)3)28-25(31(35)43)34(39-46-28)45-17-19-12-8-5-9-13-19)15-20-14-21-24(27(41)23(20)30(35)42)29(33(37)38-32(21)36)44-16-18-10-6-4-7-11-18/h4-13,20,22-23,26H,14-17H2,1-3H3,(H2,37,38). The second-order valence-corrected chi connectivity index (χ2v) is 12.7. The van der Waals surface area contributed by atoms with Crippen molar-refractivity contribution in [1.82, 2.24) is 15.0 Å². The van der Waals surface area contributed by atoms with Gasteiger partial charge < -0.3 is 19.7 Å². The highest BCUT2D eigenvalue weighted by Gasteiger charge is 2.65. The number of halogens is 1. The van der Waals surface area contributed by atoms with E-state index in [2.05, 4.69) is 10.1 Å². The zero-order valence-electron chi connectivity index (χ0n) is 25.7. The molecule has 2 heterocycles. The van der Waals surface area contributed by atoms with Crippen molar-refractivity contribution in [2.24, 2.45) is 23.2 Å². The predicted molar refractivity (Wildman–Crippen MR) is 164 cm³/mol. The highest BCUT2D eigenvalue weighted by Crippen LogP contribution is 2.59. The first-order valence-electron chi connectivity index (χ1n) is 15.2. The summed E-state index contributed by atoms with van der Waals surface area (Å²) >= 11 is 0. The Morgan fingerprint density at radius 1 is 0.978 bits per heavy atom. The molecule has 0 saturated heterocycles. The minimum Gasteiger partial charge on any atom is -0.484 e. The van der Waals surface area contributed by atoms with Crippen LogP contribution in [0.3, 0.4) is 0 Å². The number of hydrogen-bond donors (Lipinski definition) is 1. The molecule has 0 aliphatic heterocycles. The molecule has 236 valence electrons. The Hall–Kier alpha value is -4.90. The van der Waals surface area contributed by atoms with Crippen LogP contribution >= 0.6 is 0 Å². The van der Waals surface area contributed by atoms with E-state index in [1.165, 1.54) is 0 Å². The molecule has 0 radical (unpaired) electrons. The summed E-state index contributed by atoms with van der Waals surface area (Å²) < 4.78 is 33.1. The molecule has 3 aliphatic carbocycles. The zero-order valence-corrected chi connectivity index (χ0v) is 25.7. The Morgan fingerprint density at radius 3 is 2.24 bits per heavy atom. The van der Waals surface area contributed by atoms with E-state index in [1.807, 2.05) is 79.7 Å². The number of fused-ring (bicyclic) bond motifs is 4. The van der Waals surface area contributed by atoms with Gasteiger partial charge >= 0.3 is 0 Å². The van der Waals surface area contributed by atoms with Gasteiger partial charge in [-0.1, -0.05) is 60.7 Å². The highest BCUT2D eigenvalue weighted by molar-refractivity contribution is 6.24. The fraction of sp³-hybridized carbons (Fsp3) is 0.343. The summed E-state index contributed by atoms with van der Waals surface area (Å²) in [5, 5.41) is 4.12. The quantitative estimate of drug-likeness (QED) is 0.221. The molecule has 1 saturated carbocycles. The van der Waals surface area contributed by atoms with Crippen LogP contribution in [0.1, 0.15) is 62.6 Å². The van der Waals surface area contributed by atoms with Crippen molar-refractivity contribution in [3.63, 3.8) is 0 Å². The lowest BCUT2D eigenvalue weighted by atomic mass is 9.50. The molecule has 2 aromatic heterocycles. The molecule has 5 unspecified atom stereocenters. The zero-order chi connectivity index (χ0) is 32.3. The molecule has 5 atom stereocenters. The minimum absolute atomic E-state index is 0.00290. The van der Waals surface area contributed by atoms with Gasteiger partial charge in [-0.2, -0.15) is 9.37 Å². The Morgan fingerprint density at radius 2 is 1.61 bits per heavy atom. The second-order valence-electron chi connectivity index (χ2n) is 12.7. The van der Waals surface area contributed by atoms with Crippen molar-refractivity contribution in [3.05, 3.63) is 100 Å². The van der Waals surface area contributed by atoms with Gasteiger partial charge in [0.25, 0.3) is 5.88 Å². The van der Waals surface area contributed by atoms with Crippen LogP contribution in [0, 0.1) is 29.1 Å². The maximum Gasteiger partial charge on any atom is 0.265 e.